The molecule has 0 aromatic carbocycles. The van der Waals surface area contributed by atoms with E-state index in [-0.39, 0.29) is 29.5 Å². The zero-order chi connectivity index (χ0) is 13.3. The minimum absolute atomic E-state index is 0.103. The third-order valence-electron chi connectivity index (χ3n) is 2.70. The Morgan fingerprint density at radius 2 is 1.12 bits per heavy atom. The molecule has 3 heteroatoms. The first-order valence-electron chi connectivity index (χ1n) is 6.66. The van der Waals surface area contributed by atoms with Gasteiger partial charge in [-0.3, -0.25) is 0 Å². The van der Waals surface area contributed by atoms with Gasteiger partial charge in [0.1, 0.15) is 0 Å². The average Bonchev–Trinajstić information content (AvgIpc) is 1.93. The fourth-order valence-corrected chi connectivity index (χ4v) is 2.45. The smallest absolute Gasteiger partial charge is 0.0621 e. The topological polar surface area (TPSA) is 44.5 Å². The molecule has 17 heavy (non-hydrogen) atoms. The fourth-order valence-electron chi connectivity index (χ4n) is 2.45. The van der Waals surface area contributed by atoms with E-state index in [2.05, 4.69) is 41.5 Å². The summed E-state index contributed by atoms with van der Waals surface area (Å²) in [4.78, 5) is 0. The molecule has 0 heterocycles. The SMILES string of the molecule is CC(C)(C)OC1CC(N)CC(OC(C)(C)C)C1. The van der Waals surface area contributed by atoms with Crippen LogP contribution in [0.15, 0.2) is 0 Å². The molecule has 2 unspecified atom stereocenters. The molecule has 1 fully saturated rings. The summed E-state index contributed by atoms with van der Waals surface area (Å²) in [6, 6.07) is 0.198. The molecule has 1 rings (SSSR count). The van der Waals surface area contributed by atoms with Crippen LogP contribution in [0.2, 0.25) is 0 Å². The normalized spacial score (nSPS) is 31.6. The van der Waals surface area contributed by atoms with E-state index in [0.29, 0.717) is 0 Å². The van der Waals surface area contributed by atoms with Crippen LogP contribution in [0, 0.1) is 0 Å². The molecular formula is C14H29NO2. The van der Waals surface area contributed by atoms with Crippen molar-refractivity contribution in [2.75, 3.05) is 0 Å². The Kier molecular flexibility index (Phi) is 4.61. The molecule has 0 saturated heterocycles. The summed E-state index contributed by atoms with van der Waals surface area (Å²) in [6.45, 7) is 12.5. The van der Waals surface area contributed by atoms with Gasteiger partial charge in [-0.25, -0.2) is 0 Å². The molecule has 1 saturated carbocycles. The minimum Gasteiger partial charge on any atom is -0.372 e. The highest BCUT2D eigenvalue weighted by Crippen LogP contribution is 2.28. The molecule has 0 spiro atoms. The zero-order valence-electron chi connectivity index (χ0n) is 12.2. The van der Waals surface area contributed by atoms with Gasteiger partial charge < -0.3 is 15.2 Å². The zero-order valence-corrected chi connectivity index (χ0v) is 12.2. The van der Waals surface area contributed by atoms with Crippen LogP contribution in [0.1, 0.15) is 60.8 Å². The molecule has 3 nitrogen and oxygen atoms in total. The number of ether oxygens (including phenoxy) is 2. The Bertz CT molecular complexity index is 216. The number of rotatable bonds is 2. The van der Waals surface area contributed by atoms with Crippen molar-refractivity contribution in [1.29, 1.82) is 0 Å². The molecule has 0 amide bonds. The molecular weight excluding hydrogens is 214 g/mol. The summed E-state index contributed by atoms with van der Waals surface area (Å²) >= 11 is 0. The van der Waals surface area contributed by atoms with Crippen LogP contribution in [0.3, 0.4) is 0 Å². The van der Waals surface area contributed by atoms with Crippen molar-refractivity contribution in [3.63, 3.8) is 0 Å². The molecule has 1 aliphatic rings. The van der Waals surface area contributed by atoms with Gasteiger partial charge in [-0.2, -0.15) is 0 Å². The lowest BCUT2D eigenvalue weighted by atomic mass is 9.90. The molecule has 0 bridgehead atoms. The van der Waals surface area contributed by atoms with Gasteiger partial charge in [-0.15, -0.1) is 0 Å². The van der Waals surface area contributed by atoms with Gasteiger partial charge in [0, 0.05) is 6.04 Å². The maximum absolute atomic E-state index is 6.09. The van der Waals surface area contributed by atoms with Crippen molar-refractivity contribution in [3.8, 4) is 0 Å². The summed E-state index contributed by atoms with van der Waals surface area (Å²) in [7, 11) is 0. The Balaban J connectivity index is 2.53. The minimum atomic E-state index is -0.103. The Labute approximate surface area is 106 Å². The molecule has 0 radical (unpaired) electrons. The van der Waals surface area contributed by atoms with Gasteiger partial charge in [-0.05, 0) is 60.8 Å². The second kappa shape index (κ2) is 5.25. The molecule has 1 aliphatic carbocycles. The lowest BCUT2D eigenvalue weighted by molar-refractivity contribution is -0.133. The van der Waals surface area contributed by atoms with E-state index in [0.717, 1.165) is 19.3 Å². The highest BCUT2D eigenvalue weighted by Gasteiger charge is 2.32. The lowest BCUT2D eigenvalue weighted by Crippen LogP contribution is -2.44. The van der Waals surface area contributed by atoms with E-state index in [1.165, 1.54) is 0 Å². The van der Waals surface area contributed by atoms with Gasteiger partial charge in [0.15, 0.2) is 0 Å². The van der Waals surface area contributed by atoms with E-state index in [1.807, 2.05) is 0 Å². The molecule has 0 aliphatic heterocycles. The second-order valence-corrected chi connectivity index (χ2v) is 7.17. The van der Waals surface area contributed by atoms with Gasteiger partial charge in [-0.1, -0.05) is 0 Å². The highest BCUT2D eigenvalue weighted by molar-refractivity contribution is 4.85. The maximum atomic E-state index is 6.09. The molecule has 0 aromatic heterocycles. The van der Waals surface area contributed by atoms with Crippen LogP contribution < -0.4 is 5.73 Å². The molecule has 0 aromatic rings. The van der Waals surface area contributed by atoms with Crippen LogP contribution in [0.5, 0.6) is 0 Å². The Morgan fingerprint density at radius 1 is 0.765 bits per heavy atom. The van der Waals surface area contributed by atoms with E-state index in [1.54, 1.807) is 0 Å². The largest absolute Gasteiger partial charge is 0.372 e. The number of hydrogen-bond donors (Lipinski definition) is 1. The van der Waals surface area contributed by atoms with E-state index in [9.17, 15) is 0 Å². The average molecular weight is 243 g/mol. The molecule has 102 valence electrons. The van der Waals surface area contributed by atoms with Crippen LogP contribution >= 0.6 is 0 Å². The van der Waals surface area contributed by atoms with E-state index in [4.69, 9.17) is 15.2 Å². The maximum Gasteiger partial charge on any atom is 0.0621 e. The lowest BCUT2D eigenvalue weighted by Gasteiger charge is -2.39. The van der Waals surface area contributed by atoms with Crippen LogP contribution in [0.4, 0.5) is 0 Å². The Morgan fingerprint density at radius 3 is 1.41 bits per heavy atom. The number of nitrogens with two attached hydrogens (primary N) is 1. The van der Waals surface area contributed by atoms with Crippen molar-refractivity contribution in [2.45, 2.75) is 90.3 Å². The van der Waals surface area contributed by atoms with Gasteiger partial charge in [0.2, 0.25) is 0 Å². The summed E-state index contributed by atoms with van der Waals surface area (Å²) in [5, 5.41) is 0. The van der Waals surface area contributed by atoms with E-state index >= 15 is 0 Å². The second-order valence-electron chi connectivity index (χ2n) is 7.17. The van der Waals surface area contributed by atoms with Crippen LogP contribution in [0.25, 0.3) is 0 Å². The standard InChI is InChI=1S/C14H29NO2/c1-13(2,3)16-11-7-10(15)8-12(9-11)17-14(4,5)6/h10-12H,7-9,15H2,1-6H3. The fraction of sp³-hybridized carbons (Fsp3) is 1.00. The van der Waals surface area contributed by atoms with Crippen LogP contribution in [-0.4, -0.2) is 29.5 Å². The van der Waals surface area contributed by atoms with Gasteiger partial charge in [0.05, 0.1) is 23.4 Å². The molecule has 2 N–H and O–H groups in total. The first-order chi connectivity index (χ1) is 7.55. The summed E-state index contributed by atoms with van der Waals surface area (Å²) in [5.41, 5.74) is 5.89. The van der Waals surface area contributed by atoms with E-state index < -0.39 is 0 Å². The van der Waals surface area contributed by atoms with Gasteiger partial charge in [0.25, 0.3) is 0 Å². The quantitative estimate of drug-likeness (QED) is 0.811. The predicted octanol–water partition coefficient (Wildman–Crippen LogP) is 2.87. The Hall–Kier alpha value is -0.120. The first kappa shape index (κ1) is 14.9. The highest BCUT2D eigenvalue weighted by atomic mass is 16.5. The van der Waals surface area contributed by atoms with Crippen molar-refractivity contribution >= 4 is 0 Å². The van der Waals surface area contributed by atoms with Crippen LogP contribution in [-0.2, 0) is 9.47 Å². The summed E-state index contributed by atoms with van der Waals surface area (Å²) < 4.78 is 12.1. The van der Waals surface area contributed by atoms with Crippen molar-refractivity contribution in [3.05, 3.63) is 0 Å². The van der Waals surface area contributed by atoms with Crippen molar-refractivity contribution < 1.29 is 9.47 Å². The van der Waals surface area contributed by atoms with Crippen molar-refractivity contribution in [2.24, 2.45) is 5.73 Å². The number of hydrogen-bond acceptors (Lipinski definition) is 3. The van der Waals surface area contributed by atoms with Gasteiger partial charge >= 0.3 is 0 Å². The third-order valence-corrected chi connectivity index (χ3v) is 2.70. The summed E-state index contributed by atoms with van der Waals surface area (Å²) in [5.74, 6) is 0. The monoisotopic (exact) mass is 243 g/mol. The van der Waals surface area contributed by atoms with Crippen molar-refractivity contribution in [1.82, 2.24) is 0 Å². The summed E-state index contributed by atoms with van der Waals surface area (Å²) in [6.07, 6.45) is 3.31. The predicted molar refractivity (Wildman–Crippen MR) is 71.1 cm³/mol. The third kappa shape index (κ3) is 6.39. The molecule has 2 atom stereocenters. The first-order valence-corrected chi connectivity index (χ1v) is 6.66.